The molecule has 20 heavy (non-hydrogen) atoms. The van der Waals surface area contributed by atoms with E-state index in [4.69, 9.17) is 9.47 Å². The first kappa shape index (κ1) is 15.6. The minimum absolute atomic E-state index is 0.188. The lowest BCUT2D eigenvalue weighted by Gasteiger charge is -2.32. The summed E-state index contributed by atoms with van der Waals surface area (Å²) in [6, 6.07) is 0. The van der Waals surface area contributed by atoms with Crippen molar-refractivity contribution in [2.45, 2.75) is 26.1 Å². The summed E-state index contributed by atoms with van der Waals surface area (Å²) in [5, 5.41) is 0. The van der Waals surface area contributed by atoms with Crippen LogP contribution in [-0.4, -0.2) is 48.2 Å². The van der Waals surface area contributed by atoms with Crippen LogP contribution >= 0.6 is 15.9 Å². The van der Waals surface area contributed by atoms with Crippen LogP contribution in [0.25, 0.3) is 0 Å². The Hall–Kier alpha value is -0.760. The van der Waals surface area contributed by atoms with Crippen molar-refractivity contribution in [1.82, 2.24) is 14.9 Å². The molecular formula is C13H20BrN3O3. The van der Waals surface area contributed by atoms with Gasteiger partial charge in [-0.25, -0.2) is 4.98 Å². The van der Waals surface area contributed by atoms with Crippen molar-refractivity contribution in [3.8, 4) is 0 Å². The molecule has 2 rings (SSSR count). The summed E-state index contributed by atoms with van der Waals surface area (Å²) in [6.07, 6.45) is 0.915. The van der Waals surface area contributed by atoms with Crippen molar-refractivity contribution in [3.63, 3.8) is 0 Å². The second kappa shape index (κ2) is 7.31. The van der Waals surface area contributed by atoms with Gasteiger partial charge < -0.3 is 14.5 Å². The number of methoxy groups -OCH3 is 1. The Morgan fingerprint density at radius 2 is 2.40 bits per heavy atom. The standard InChI is InChI=1S/C13H20BrN3O3/c1-3-4-17-5-6-20-10(7-17)12-15-9(8-19-2)11(14)13(18)16-12/h10H,3-8H2,1-2H3,(H,15,16,18). The van der Waals surface area contributed by atoms with Crippen molar-refractivity contribution in [2.24, 2.45) is 0 Å². The fraction of sp³-hybridized carbons (Fsp3) is 0.692. The highest BCUT2D eigenvalue weighted by Crippen LogP contribution is 2.20. The van der Waals surface area contributed by atoms with Crippen molar-refractivity contribution in [3.05, 3.63) is 26.3 Å². The lowest BCUT2D eigenvalue weighted by molar-refractivity contribution is -0.0345. The second-order valence-electron chi connectivity index (χ2n) is 4.80. The van der Waals surface area contributed by atoms with Crippen molar-refractivity contribution >= 4 is 15.9 Å². The zero-order valence-corrected chi connectivity index (χ0v) is 13.4. The highest BCUT2D eigenvalue weighted by molar-refractivity contribution is 9.10. The molecule has 1 aromatic rings. The second-order valence-corrected chi connectivity index (χ2v) is 5.60. The lowest BCUT2D eigenvalue weighted by Crippen LogP contribution is -2.39. The van der Waals surface area contributed by atoms with Gasteiger partial charge in [0.2, 0.25) is 0 Å². The molecule has 1 atom stereocenters. The van der Waals surface area contributed by atoms with Crippen LogP contribution in [0.4, 0.5) is 0 Å². The van der Waals surface area contributed by atoms with Gasteiger partial charge in [-0.1, -0.05) is 6.92 Å². The maximum absolute atomic E-state index is 11.9. The molecule has 0 radical (unpaired) electrons. The van der Waals surface area contributed by atoms with E-state index in [9.17, 15) is 4.79 Å². The number of halogens is 1. The number of morpholine rings is 1. The third kappa shape index (κ3) is 3.66. The first-order valence-corrected chi connectivity index (χ1v) is 7.56. The van der Waals surface area contributed by atoms with Gasteiger partial charge in [0.25, 0.3) is 5.56 Å². The molecule has 1 fully saturated rings. The maximum atomic E-state index is 11.9. The van der Waals surface area contributed by atoms with E-state index >= 15 is 0 Å². The molecule has 0 amide bonds. The molecule has 1 aromatic heterocycles. The molecule has 7 heteroatoms. The molecule has 0 aromatic carbocycles. The molecular weight excluding hydrogens is 326 g/mol. The average molecular weight is 346 g/mol. The topological polar surface area (TPSA) is 67.5 Å². The predicted octanol–water partition coefficient (Wildman–Crippen LogP) is 1.46. The van der Waals surface area contributed by atoms with E-state index in [0.29, 0.717) is 29.2 Å². The van der Waals surface area contributed by atoms with E-state index in [1.165, 1.54) is 0 Å². The van der Waals surface area contributed by atoms with Gasteiger partial charge in [-0.15, -0.1) is 0 Å². The Kier molecular flexibility index (Phi) is 5.71. The summed E-state index contributed by atoms with van der Waals surface area (Å²) in [6.45, 7) is 5.82. The Bertz CT molecular complexity index is 504. The van der Waals surface area contributed by atoms with Crippen LogP contribution in [0.2, 0.25) is 0 Å². The van der Waals surface area contributed by atoms with Crippen LogP contribution in [0.3, 0.4) is 0 Å². The summed E-state index contributed by atoms with van der Waals surface area (Å²) in [7, 11) is 1.58. The van der Waals surface area contributed by atoms with Gasteiger partial charge in [0.15, 0.2) is 0 Å². The third-order valence-electron chi connectivity index (χ3n) is 3.23. The molecule has 112 valence electrons. The highest BCUT2D eigenvalue weighted by atomic mass is 79.9. The van der Waals surface area contributed by atoms with Gasteiger partial charge >= 0.3 is 0 Å². The molecule has 2 heterocycles. The Morgan fingerprint density at radius 1 is 1.60 bits per heavy atom. The minimum atomic E-state index is -0.196. The Labute approximate surface area is 126 Å². The van der Waals surface area contributed by atoms with E-state index < -0.39 is 0 Å². The van der Waals surface area contributed by atoms with E-state index in [0.717, 1.165) is 26.1 Å². The van der Waals surface area contributed by atoms with Crippen molar-refractivity contribution in [1.29, 1.82) is 0 Å². The molecule has 0 saturated carbocycles. The highest BCUT2D eigenvalue weighted by Gasteiger charge is 2.24. The smallest absolute Gasteiger partial charge is 0.265 e. The van der Waals surface area contributed by atoms with E-state index in [1.54, 1.807) is 7.11 Å². The van der Waals surface area contributed by atoms with Gasteiger partial charge in [0, 0.05) is 20.2 Å². The zero-order valence-electron chi connectivity index (χ0n) is 11.8. The van der Waals surface area contributed by atoms with Crippen LogP contribution in [0.1, 0.15) is 31.0 Å². The molecule has 1 N–H and O–H groups in total. The van der Waals surface area contributed by atoms with E-state index in [2.05, 4.69) is 37.7 Å². The van der Waals surface area contributed by atoms with Crippen LogP contribution in [0, 0.1) is 0 Å². The normalized spacial score (nSPS) is 20.2. The van der Waals surface area contributed by atoms with Crippen molar-refractivity contribution < 1.29 is 9.47 Å². The molecule has 1 aliphatic rings. The maximum Gasteiger partial charge on any atom is 0.265 e. The average Bonchev–Trinajstić information content (AvgIpc) is 2.44. The van der Waals surface area contributed by atoms with E-state index in [1.807, 2.05) is 0 Å². The van der Waals surface area contributed by atoms with Gasteiger partial charge in [-0.3, -0.25) is 9.69 Å². The molecule has 0 aliphatic carbocycles. The van der Waals surface area contributed by atoms with Gasteiger partial charge in [0.05, 0.1) is 18.9 Å². The largest absolute Gasteiger partial charge is 0.378 e. The summed E-state index contributed by atoms with van der Waals surface area (Å²) in [5.74, 6) is 0.575. The number of aromatic nitrogens is 2. The van der Waals surface area contributed by atoms with Crippen LogP contribution in [0.15, 0.2) is 9.27 Å². The summed E-state index contributed by atoms with van der Waals surface area (Å²) in [5.41, 5.74) is 0.403. The number of nitrogens with one attached hydrogen (secondary N) is 1. The predicted molar refractivity (Wildman–Crippen MR) is 78.7 cm³/mol. The van der Waals surface area contributed by atoms with Gasteiger partial charge in [-0.05, 0) is 28.9 Å². The summed E-state index contributed by atoms with van der Waals surface area (Å²) in [4.78, 5) is 21.5. The Morgan fingerprint density at radius 3 is 3.10 bits per heavy atom. The van der Waals surface area contributed by atoms with Crippen LogP contribution in [0.5, 0.6) is 0 Å². The number of ether oxygens (including phenoxy) is 2. The third-order valence-corrected chi connectivity index (χ3v) is 4.04. The molecule has 1 unspecified atom stereocenters. The number of hydrogen-bond donors (Lipinski definition) is 1. The first-order valence-electron chi connectivity index (χ1n) is 6.77. The number of hydrogen-bond acceptors (Lipinski definition) is 5. The molecule has 1 aliphatic heterocycles. The van der Waals surface area contributed by atoms with E-state index in [-0.39, 0.29) is 11.7 Å². The number of H-pyrrole nitrogens is 1. The first-order chi connectivity index (χ1) is 9.65. The van der Waals surface area contributed by atoms with Gasteiger partial charge in [-0.2, -0.15) is 0 Å². The quantitative estimate of drug-likeness (QED) is 0.874. The molecule has 0 spiro atoms. The molecule has 0 bridgehead atoms. The SMILES string of the molecule is CCCN1CCOC(c2nc(COC)c(Br)c(=O)[nH]2)C1. The van der Waals surface area contributed by atoms with Crippen LogP contribution < -0.4 is 5.56 Å². The summed E-state index contributed by atoms with van der Waals surface area (Å²) < 4.78 is 11.2. The monoisotopic (exact) mass is 345 g/mol. The Balaban J connectivity index is 2.21. The fourth-order valence-electron chi connectivity index (χ4n) is 2.30. The number of rotatable bonds is 5. The molecule has 6 nitrogen and oxygen atoms in total. The van der Waals surface area contributed by atoms with Crippen molar-refractivity contribution in [2.75, 3.05) is 33.4 Å². The fourth-order valence-corrected chi connectivity index (χ4v) is 2.60. The minimum Gasteiger partial charge on any atom is -0.378 e. The zero-order chi connectivity index (χ0) is 14.5. The van der Waals surface area contributed by atoms with Crippen LogP contribution in [-0.2, 0) is 16.1 Å². The number of aromatic amines is 1. The molecule has 1 saturated heterocycles. The van der Waals surface area contributed by atoms with Gasteiger partial charge in [0.1, 0.15) is 16.4 Å². The lowest BCUT2D eigenvalue weighted by atomic mass is 10.2. The number of nitrogens with zero attached hydrogens (tertiary/aromatic N) is 2. The summed E-state index contributed by atoms with van der Waals surface area (Å²) >= 11 is 3.24.